The van der Waals surface area contributed by atoms with Crippen LogP contribution >= 0.6 is 0 Å². The van der Waals surface area contributed by atoms with E-state index in [0.29, 0.717) is 5.69 Å². The second-order valence-corrected chi connectivity index (χ2v) is 4.26. The molecule has 0 spiro atoms. The highest BCUT2D eigenvalue weighted by atomic mass is 16.5. The van der Waals surface area contributed by atoms with Crippen LogP contribution in [0.3, 0.4) is 0 Å². The fourth-order valence-electron chi connectivity index (χ4n) is 1.82. The molecule has 2 rings (SSSR count). The van der Waals surface area contributed by atoms with Gasteiger partial charge in [0.25, 0.3) is 0 Å². The molecule has 0 amide bonds. The van der Waals surface area contributed by atoms with Gasteiger partial charge >= 0.3 is 5.97 Å². The second-order valence-electron chi connectivity index (χ2n) is 4.26. The predicted molar refractivity (Wildman–Crippen MR) is 63.9 cm³/mol. The van der Waals surface area contributed by atoms with E-state index in [1.807, 2.05) is 25.5 Å². The molecule has 0 fully saturated rings. The number of methoxy groups -OCH3 is 1. The third-order valence-electron chi connectivity index (χ3n) is 2.66. The van der Waals surface area contributed by atoms with Crippen LogP contribution in [0.2, 0.25) is 0 Å². The van der Waals surface area contributed by atoms with Crippen molar-refractivity contribution < 1.29 is 9.53 Å². The minimum atomic E-state index is -0.431. The van der Waals surface area contributed by atoms with Crippen LogP contribution in [0, 0.1) is 0 Å². The zero-order valence-electron chi connectivity index (χ0n) is 10.4. The highest BCUT2D eigenvalue weighted by molar-refractivity contribution is 5.92. The van der Waals surface area contributed by atoms with Gasteiger partial charge in [0.2, 0.25) is 0 Å². The fourth-order valence-corrected chi connectivity index (χ4v) is 1.82. The van der Waals surface area contributed by atoms with Gasteiger partial charge in [0.15, 0.2) is 5.69 Å². The molecule has 0 atom stereocenters. The van der Waals surface area contributed by atoms with Crippen molar-refractivity contribution in [1.29, 1.82) is 0 Å². The van der Waals surface area contributed by atoms with Crippen molar-refractivity contribution in [3.63, 3.8) is 0 Å². The first-order chi connectivity index (χ1) is 8.04. The minimum Gasteiger partial charge on any atom is -0.464 e. The fraction of sp³-hybridized carbons (Fsp3) is 0.417. The van der Waals surface area contributed by atoms with Crippen molar-refractivity contribution in [1.82, 2.24) is 14.5 Å². The molecular weight excluding hydrogens is 218 g/mol. The summed E-state index contributed by atoms with van der Waals surface area (Å²) in [6.07, 6.45) is 1.72. The number of aryl methyl sites for hydroxylation is 1. The van der Waals surface area contributed by atoms with Gasteiger partial charge in [-0.05, 0) is 12.0 Å². The van der Waals surface area contributed by atoms with Crippen LogP contribution in [0.15, 0.2) is 12.4 Å². The van der Waals surface area contributed by atoms with E-state index < -0.39 is 5.97 Å². The van der Waals surface area contributed by atoms with E-state index >= 15 is 0 Å². The summed E-state index contributed by atoms with van der Waals surface area (Å²) in [4.78, 5) is 20.1. The molecule has 0 radical (unpaired) electrons. The number of fused-ring (bicyclic) bond motifs is 1. The van der Waals surface area contributed by atoms with Crippen molar-refractivity contribution in [3.05, 3.63) is 23.8 Å². The molecule has 2 aromatic heterocycles. The molecule has 2 aromatic rings. The van der Waals surface area contributed by atoms with E-state index in [-0.39, 0.29) is 5.92 Å². The molecule has 2 heterocycles. The van der Waals surface area contributed by atoms with Gasteiger partial charge in [-0.15, -0.1) is 0 Å². The quantitative estimate of drug-likeness (QED) is 0.743. The van der Waals surface area contributed by atoms with E-state index in [1.54, 1.807) is 12.4 Å². The molecule has 0 N–H and O–H groups in total. The molecule has 0 bridgehead atoms. The Hall–Kier alpha value is -1.91. The first-order valence-electron chi connectivity index (χ1n) is 5.45. The number of nitrogens with zero attached hydrogens (tertiary/aromatic N) is 3. The number of carbonyl (C=O) groups excluding carboxylic acids is 1. The molecule has 0 aliphatic carbocycles. The number of hydrogen-bond acceptors (Lipinski definition) is 4. The lowest BCUT2D eigenvalue weighted by molar-refractivity contribution is 0.0594. The highest BCUT2D eigenvalue weighted by Gasteiger charge is 2.17. The van der Waals surface area contributed by atoms with Gasteiger partial charge in [0.1, 0.15) is 0 Å². The summed E-state index contributed by atoms with van der Waals surface area (Å²) in [5.41, 5.74) is 2.91. The monoisotopic (exact) mass is 233 g/mol. The van der Waals surface area contributed by atoms with Crippen molar-refractivity contribution in [2.45, 2.75) is 19.8 Å². The largest absolute Gasteiger partial charge is 0.464 e. The van der Waals surface area contributed by atoms with Crippen LogP contribution in [-0.2, 0) is 11.8 Å². The third-order valence-corrected chi connectivity index (χ3v) is 2.66. The molecule has 0 aromatic carbocycles. The standard InChI is InChI=1S/C12H15N3O2/c1-7(2)10-11-8(13-6-15(11)3)5-9(14-10)12(16)17-4/h5-7H,1-4H3. The molecule has 0 aliphatic heterocycles. The Labute approximate surface area is 99.4 Å². The van der Waals surface area contributed by atoms with Crippen LogP contribution in [0.1, 0.15) is 35.9 Å². The van der Waals surface area contributed by atoms with Gasteiger partial charge in [0, 0.05) is 7.05 Å². The SMILES string of the molecule is COC(=O)c1cc2ncn(C)c2c(C(C)C)n1. The van der Waals surface area contributed by atoms with Gasteiger partial charge in [-0.1, -0.05) is 13.8 Å². The lowest BCUT2D eigenvalue weighted by atomic mass is 10.1. The molecule has 5 heteroatoms. The lowest BCUT2D eigenvalue weighted by Gasteiger charge is -2.09. The Kier molecular flexibility index (Phi) is 2.83. The first kappa shape index (κ1) is 11.6. The number of aromatic nitrogens is 3. The molecule has 90 valence electrons. The molecule has 0 unspecified atom stereocenters. The summed E-state index contributed by atoms with van der Waals surface area (Å²) < 4.78 is 6.61. The molecule has 0 saturated heterocycles. The summed E-state index contributed by atoms with van der Waals surface area (Å²) in [7, 11) is 3.27. The smallest absolute Gasteiger partial charge is 0.356 e. The maximum Gasteiger partial charge on any atom is 0.356 e. The number of rotatable bonds is 2. The molecule has 0 aliphatic rings. The third kappa shape index (κ3) is 1.88. The summed E-state index contributed by atoms with van der Waals surface area (Å²) >= 11 is 0. The first-order valence-corrected chi connectivity index (χ1v) is 5.45. The van der Waals surface area contributed by atoms with Crippen molar-refractivity contribution in [2.75, 3.05) is 7.11 Å². The van der Waals surface area contributed by atoms with Crippen LogP contribution in [0.4, 0.5) is 0 Å². The lowest BCUT2D eigenvalue weighted by Crippen LogP contribution is -2.08. The maximum atomic E-state index is 11.5. The van der Waals surface area contributed by atoms with E-state index in [4.69, 9.17) is 4.74 Å². The average molecular weight is 233 g/mol. The zero-order valence-corrected chi connectivity index (χ0v) is 10.4. The summed E-state index contributed by atoms with van der Waals surface area (Å²) in [5, 5.41) is 0. The van der Waals surface area contributed by atoms with Crippen LogP contribution in [0.25, 0.3) is 11.0 Å². The molecule has 0 saturated carbocycles. The van der Waals surface area contributed by atoms with Gasteiger partial charge < -0.3 is 9.30 Å². The number of carbonyl (C=O) groups is 1. The Morgan fingerprint density at radius 3 is 2.76 bits per heavy atom. The normalized spacial score (nSPS) is 11.1. The van der Waals surface area contributed by atoms with Crippen molar-refractivity contribution in [3.8, 4) is 0 Å². The second kappa shape index (κ2) is 4.16. The number of hydrogen-bond donors (Lipinski definition) is 0. The molecule has 17 heavy (non-hydrogen) atoms. The Balaban J connectivity index is 2.73. The molecular formula is C12H15N3O2. The Morgan fingerprint density at radius 1 is 1.47 bits per heavy atom. The van der Waals surface area contributed by atoms with E-state index in [1.165, 1.54) is 7.11 Å². The number of pyridine rings is 1. The van der Waals surface area contributed by atoms with Crippen molar-refractivity contribution in [2.24, 2.45) is 7.05 Å². The van der Waals surface area contributed by atoms with Crippen LogP contribution < -0.4 is 0 Å². The van der Waals surface area contributed by atoms with E-state index in [2.05, 4.69) is 9.97 Å². The Morgan fingerprint density at radius 2 is 2.18 bits per heavy atom. The minimum absolute atomic E-state index is 0.220. The van der Waals surface area contributed by atoms with E-state index in [0.717, 1.165) is 16.7 Å². The van der Waals surface area contributed by atoms with Gasteiger partial charge in [-0.2, -0.15) is 0 Å². The number of ether oxygens (including phenoxy) is 1. The van der Waals surface area contributed by atoms with Gasteiger partial charge in [0.05, 0.1) is 30.2 Å². The zero-order chi connectivity index (χ0) is 12.6. The predicted octanol–water partition coefficient (Wildman–Crippen LogP) is 1.88. The Bertz CT molecular complexity index is 572. The van der Waals surface area contributed by atoms with Crippen molar-refractivity contribution >= 4 is 17.0 Å². The van der Waals surface area contributed by atoms with Crippen LogP contribution in [-0.4, -0.2) is 27.6 Å². The summed E-state index contributed by atoms with van der Waals surface area (Å²) in [6, 6.07) is 1.66. The maximum absolute atomic E-state index is 11.5. The number of esters is 1. The average Bonchev–Trinajstić information content (AvgIpc) is 2.69. The van der Waals surface area contributed by atoms with Gasteiger partial charge in [-0.25, -0.2) is 14.8 Å². The summed E-state index contributed by atoms with van der Waals surface area (Å²) in [6.45, 7) is 4.08. The van der Waals surface area contributed by atoms with E-state index in [9.17, 15) is 4.79 Å². The summed E-state index contributed by atoms with van der Waals surface area (Å²) in [5.74, 6) is -0.211. The molecule has 5 nitrogen and oxygen atoms in total. The highest BCUT2D eigenvalue weighted by Crippen LogP contribution is 2.23. The van der Waals surface area contributed by atoms with Crippen LogP contribution in [0.5, 0.6) is 0 Å². The van der Waals surface area contributed by atoms with Gasteiger partial charge in [-0.3, -0.25) is 0 Å². The topological polar surface area (TPSA) is 57.0 Å². The number of imidazole rings is 1.